The van der Waals surface area contributed by atoms with Crippen LogP contribution in [0.4, 0.5) is 0 Å². The quantitative estimate of drug-likeness (QED) is 0.877. The lowest BCUT2D eigenvalue weighted by atomic mass is 10.2. The molecule has 0 saturated heterocycles. The highest BCUT2D eigenvalue weighted by molar-refractivity contribution is 7.89. The van der Waals surface area contributed by atoms with Crippen molar-refractivity contribution in [3.63, 3.8) is 0 Å². The Balaban J connectivity index is 2.31. The number of hydrogen-bond donors (Lipinski definition) is 1. The minimum atomic E-state index is -3.49. The topological polar surface area (TPSA) is 57.6 Å². The summed E-state index contributed by atoms with van der Waals surface area (Å²) in [5, 5.41) is 9.55. The minimum Gasteiger partial charge on any atom is -0.392 e. The SMILES string of the molecule is CCN(CC1CC1)S(=O)(=O)c1ccc(Cl)c(CO)c1. The third kappa shape index (κ3) is 3.28. The maximum atomic E-state index is 12.5. The van der Waals surface area contributed by atoms with Crippen LogP contribution in [0.25, 0.3) is 0 Å². The summed E-state index contributed by atoms with van der Waals surface area (Å²) in [7, 11) is -3.49. The zero-order valence-corrected chi connectivity index (χ0v) is 12.4. The van der Waals surface area contributed by atoms with E-state index in [2.05, 4.69) is 0 Å². The van der Waals surface area contributed by atoms with Crippen molar-refractivity contribution in [1.82, 2.24) is 4.31 Å². The first-order valence-electron chi connectivity index (χ1n) is 6.38. The van der Waals surface area contributed by atoms with Crippen LogP contribution in [0.2, 0.25) is 5.02 Å². The predicted molar refractivity (Wildman–Crippen MR) is 74.5 cm³/mol. The zero-order chi connectivity index (χ0) is 14.0. The van der Waals surface area contributed by atoms with E-state index in [4.69, 9.17) is 16.7 Å². The molecule has 1 aromatic carbocycles. The van der Waals surface area contributed by atoms with Gasteiger partial charge < -0.3 is 5.11 Å². The summed E-state index contributed by atoms with van der Waals surface area (Å²) in [6.07, 6.45) is 2.21. The van der Waals surface area contributed by atoms with Crippen molar-refractivity contribution in [3.8, 4) is 0 Å². The van der Waals surface area contributed by atoms with E-state index >= 15 is 0 Å². The van der Waals surface area contributed by atoms with Gasteiger partial charge in [-0.05, 0) is 42.5 Å². The average Bonchev–Trinajstić information content (AvgIpc) is 3.20. The maximum Gasteiger partial charge on any atom is 0.243 e. The normalized spacial score (nSPS) is 16.0. The Bertz CT molecular complexity index is 555. The second-order valence-corrected chi connectivity index (χ2v) is 7.16. The minimum absolute atomic E-state index is 0.198. The number of nitrogens with zero attached hydrogens (tertiary/aromatic N) is 1. The number of hydrogen-bond acceptors (Lipinski definition) is 3. The van der Waals surface area contributed by atoms with E-state index in [1.165, 1.54) is 22.5 Å². The molecule has 4 nitrogen and oxygen atoms in total. The molecule has 1 aliphatic carbocycles. The standard InChI is InChI=1S/C13H18ClNO3S/c1-2-15(8-10-3-4-10)19(17,18)12-5-6-13(14)11(7-12)9-16/h5-7,10,16H,2-4,8-9H2,1H3. The van der Waals surface area contributed by atoms with E-state index in [-0.39, 0.29) is 11.5 Å². The van der Waals surface area contributed by atoms with E-state index in [0.717, 1.165) is 12.8 Å². The summed E-state index contributed by atoms with van der Waals surface area (Å²) in [6.45, 7) is 2.60. The van der Waals surface area contributed by atoms with Gasteiger partial charge >= 0.3 is 0 Å². The fourth-order valence-corrected chi connectivity index (χ4v) is 3.72. The number of benzene rings is 1. The third-order valence-corrected chi connectivity index (χ3v) is 5.64. The van der Waals surface area contributed by atoms with Gasteiger partial charge in [-0.2, -0.15) is 4.31 Å². The zero-order valence-electron chi connectivity index (χ0n) is 10.8. The molecule has 1 aliphatic rings. The molecular weight excluding hydrogens is 286 g/mol. The highest BCUT2D eigenvalue weighted by atomic mass is 35.5. The van der Waals surface area contributed by atoms with Gasteiger partial charge in [0.25, 0.3) is 0 Å². The second-order valence-electron chi connectivity index (χ2n) is 4.81. The number of aliphatic hydroxyl groups excluding tert-OH is 1. The van der Waals surface area contributed by atoms with E-state index in [1.54, 1.807) is 0 Å². The second kappa shape index (κ2) is 5.79. The first-order chi connectivity index (χ1) is 8.98. The Labute approximate surface area is 119 Å². The molecule has 0 amide bonds. The molecule has 0 bridgehead atoms. The summed E-state index contributed by atoms with van der Waals surface area (Å²) >= 11 is 5.89. The van der Waals surface area contributed by atoms with Crippen molar-refractivity contribution in [1.29, 1.82) is 0 Å². The molecule has 0 spiro atoms. The maximum absolute atomic E-state index is 12.5. The molecular formula is C13H18ClNO3S. The van der Waals surface area contributed by atoms with E-state index in [9.17, 15) is 8.42 Å². The van der Waals surface area contributed by atoms with Crippen molar-refractivity contribution in [2.75, 3.05) is 13.1 Å². The molecule has 0 unspecified atom stereocenters. The Kier molecular flexibility index (Phi) is 4.50. The summed E-state index contributed by atoms with van der Waals surface area (Å²) < 4.78 is 26.5. The van der Waals surface area contributed by atoms with Crippen LogP contribution in [0.15, 0.2) is 23.1 Å². The highest BCUT2D eigenvalue weighted by Gasteiger charge is 2.30. The first kappa shape index (κ1) is 14.8. The van der Waals surface area contributed by atoms with Gasteiger partial charge in [0.1, 0.15) is 0 Å². The van der Waals surface area contributed by atoms with Crippen LogP contribution in [-0.2, 0) is 16.6 Å². The van der Waals surface area contributed by atoms with Crippen LogP contribution in [-0.4, -0.2) is 30.9 Å². The molecule has 1 N–H and O–H groups in total. The monoisotopic (exact) mass is 303 g/mol. The van der Waals surface area contributed by atoms with Gasteiger partial charge in [0.05, 0.1) is 11.5 Å². The van der Waals surface area contributed by atoms with Crippen LogP contribution in [0, 0.1) is 5.92 Å². The average molecular weight is 304 g/mol. The molecule has 1 fully saturated rings. The Hall–Kier alpha value is -0.620. The molecule has 19 heavy (non-hydrogen) atoms. The number of rotatable bonds is 6. The van der Waals surface area contributed by atoms with E-state index in [0.29, 0.717) is 29.6 Å². The molecule has 1 saturated carbocycles. The van der Waals surface area contributed by atoms with Gasteiger partial charge in [0.15, 0.2) is 0 Å². The van der Waals surface area contributed by atoms with Crippen LogP contribution >= 0.6 is 11.6 Å². The van der Waals surface area contributed by atoms with Crippen LogP contribution in [0.5, 0.6) is 0 Å². The molecule has 0 aromatic heterocycles. The molecule has 6 heteroatoms. The molecule has 106 valence electrons. The van der Waals surface area contributed by atoms with Gasteiger partial charge in [0.2, 0.25) is 10.0 Å². The lowest BCUT2D eigenvalue weighted by Gasteiger charge is -2.20. The van der Waals surface area contributed by atoms with Crippen LogP contribution in [0.3, 0.4) is 0 Å². The molecule has 1 aromatic rings. The highest BCUT2D eigenvalue weighted by Crippen LogP contribution is 2.32. The molecule has 0 radical (unpaired) electrons. The number of sulfonamides is 1. The smallest absolute Gasteiger partial charge is 0.243 e. The van der Waals surface area contributed by atoms with Crippen molar-refractivity contribution >= 4 is 21.6 Å². The summed E-state index contributed by atoms with van der Waals surface area (Å²) in [5.41, 5.74) is 0.435. The molecule has 0 atom stereocenters. The van der Waals surface area contributed by atoms with Crippen LogP contribution < -0.4 is 0 Å². The predicted octanol–water partition coefficient (Wildman–Crippen LogP) is 2.25. The Morgan fingerprint density at radius 3 is 2.63 bits per heavy atom. The van der Waals surface area contributed by atoms with Crippen molar-refractivity contribution in [2.45, 2.75) is 31.3 Å². The fourth-order valence-electron chi connectivity index (χ4n) is 1.97. The van der Waals surface area contributed by atoms with Crippen molar-refractivity contribution < 1.29 is 13.5 Å². The summed E-state index contributed by atoms with van der Waals surface area (Å²) in [6, 6.07) is 4.46. The first-order valence-corrected chi connectivity index (χ1v) is 8.20. The molecule has 0 aliphatic heterocycles. The van der Waals surface area contributed by atoms with Gasteiger partial charge in [-0.1, -0.05) is 18.5 Å². The fraction of sp³-hybridized carbons (Fsp3) is 0.538. The van der Waals surface area contributed by atoms with E-state index < -0.39 is 10.0 Å². The van der Waals surface area contributed by atoms with Crippen molar-refractivity contribution in [2.24, 2.45) is 5.92 Å². The molecule has 0 heterocycles. The number of aliphatic hydroxyl groups is 1. The largest absolute Gasteiger partial charge is 0.392 e. The number of halogens is 1. The molecule has 2 rings (SSSR count). The lowest BCUT2D eigenvalue weighted by molar-refractivity contribution is 0.281. The van der Waals surface area contributed by atoms with Gasteiger partial charge in [-0.3, -0.25) is 0 Å². The lowest BCUT2D eigenvalue weighted by Crippen LogP contribution is -2.32. The summed E-state index contributed by atoms with van der Waals surface area (Å²) in [4.78, 5) is 0.198. The van der Waals surface area contributed by atoms with Gasteiger partial charge in [-0.25, -0.2) is 8.42 Å². The third-order valence-electron chi connectivity index (χ3n) is 3.34. The Morgan fingerprint density at radius 2 is 2.11 bits per heavy atom. The van der Waals surface area contributed by atoms with Gasteiger partial charge in [0, 0.05) is 18.1 Å². The van der Waals surface area contributed by atoms with E-state index in [1.807, 2.05) is 6.92 Å². The summed E-state index contributed by atoms with van der Waals surface area (Å²) in [5.74, 6) is 0.499. The van der Waals surface area contributed by atoms with Crippen LogP contribution in [0.1, 0.15) is 25.3 Å². The van der Waals surface area contributed by atoms with Gasteiger partial charge in [-0.15, -0.1) is 0 Å². The van der Waals surface area contributed by atoms with Crippen molar-refractivity contribution in [3.05, 3.63) is 28.8 Å². The Morgan fingerprint density at radius 1 is 1.42 bits per heavy atom.